The van der Waals surface area contributed by atoms with Gasteiger partial charge in [-0.1, -0.05) is 0 Å². The minimum Gasteiger partial charge on any atom is -0.448 e. The Morgan fingerprint density at radius 3 is 2.87 bits per heavy atom. The Kier molecular flexibility index (Phi) is 5.45. The number of anilines is 2. The van der Waals surface area contributed by atoms with Crippen molar-refractivity contribution in [2.24, 2.45) is 11.7 Å². The molecule has 1 aromatic carbocycles. The summed E-state index contributed by atoms with van der Waals surface area (Å²) in [5.74, 6) is -0.430. The number of primary amides is 1. The number of amides is 1. The van der Waals surface area contributed by atoms with E-state index in [-0.39, 0.29) is 29.2 Å². The predicted molar refractivity (Wildman–Crippen MR) is 105 cm³/mol. The standard InChI is InChI=1S/C20H20FN7O2/c21-14-1-3-15(4-2-14)25-20-16(19(23)29)10-28(26-20)17-11-27(7-5-13(17)9-22)12-18-24-6-8-30-18/h1-4,6,8,10,13,17H,5,7,11-12H2,(H2,23,29)(H,25,26). The highest BCUT2D eigenvalue weighted by atomic mass is 19.1. The smallest absolute Gasteiger partial charge is 0.254 e. The second-order valence-corrected chi connectivity index (χ2v) is 7.12. The van der Waals surface area contributed by atoms with Crippen LogP contribution in [0.25, 0.3) is 0 Å². The highest BCUT2D eigenvalue weighted by Crippen LogP contribution is 2.30. The van der Waals surface area contributed by atoms with Crippen molar-refractivity contribution in [3.05, 3.63) is 60.2 Å². The number of halogens is 1. The number of hydrogen-bond acceptors (Lipinski definition) is 7. The summed E-state index contributed by atoms with van der Waals surface area (Å²) in [7, 11) is 0. The maximum Gasteiger partial charge on any atom is 0.254 e. The Hall–Kier alpha value is -3.71. The van der Waals surface area contributed by atoms with Gasteiger partial charge in [0.05, 0.1) is 30.8 Å². The largest absolute Gasteiger partial charge is 0.448 e. The van der Waals surface area contributed by atoms with Gasteiger partial charge in [-0.15, -0.1) is 0 Å². The summed E-state index contributed by atoms with van der Waals surface area (Å²) in [5, 5.41) is 17.1. The van der Waals surface area contributed by atoms with Crippen LogP contribution in [0.2, 0.25) is 0 Å². The fraction of sp³-hybridized carbons (Fsp3) is 0.300. The summed E-state index contributed by atoms with van der Waals surface area (Å²) in [4.78, 5) is 18.2. The molecule has 30 heavy (non-hydrogen) atoms. The molecule has 1 amide bonds. The number of piperidine rings is 1. The molecule has 3 N–H and O–H groups in total. The zero-order valence-electron chi connectivity index (χ0n) is 16.0. The first-order chi connectivity index (χ1) is 14.5. The van der Waals surface area contributed by atoms with Crippen molar-refractivity contribution in [3.63, 3.8) is 0 Å². The first-order valence-electron chi connectivity index (χ1n) is 9.45. The lowest BCUT2D eigenvalue weighted by molar-refractivity contribution is 0.1000. The van der Waals surface area contributed by atoms with E-state index in [1.165, 1.54) is 30.5 Å². The van der Waals surface area contributed by atoms with Crippen LogP contribution in [0.15, 0.2) is 47.3 Å². The van der Waals surface area contributed by atoms with E-state index in [0.29, 0.717) is 31.1 Å². The van der Waals surface area contributed by atoms with E-state index in [1.54, 1.807) is 17.1 Å². The van der Waals surface area contributed by atoms with Crippen LogP contribution < -0.4 is 11.1 Å². The molecular formula is C20H20FN7O2. The normalized spacial score (nSPS) is 19.3. The molecule has 0 bridgehead atoms. The molecule has 4 rings (SSSR count). The van der Waals surface area contributed by atoms with Gasteiger partial charge in [0.25, 0.3) is 5.91 Å². The number of benzene rings is 1. The fourth-order valence-electron chi connectivity index (χ4n) is 3.59. The van der Waals surface area contributed by atoms with E-state index in [9.17, 15) is 14.4 Å². The van der Waals surface area contributed by atoms with E-state index < -0.39 is 5.91 Å². The maximum absolute atomic E-state index is 13.2. The van der Waals surface area contributed by atoms with Crippen LogP contribution in [-0.2, 0) is 6.54 Å². The maximum atomic E-state index is 13.2. The fourth-order valence-corrected chi connectivity index (χ4v) is 3.59. The van der Waals surface area contributed by atoms with E-state index >= 15 is 0 Å². The summed E-state index contributed by atoms with van der Waals surface area (Å²) in [6.07, 6.45) is 5.32. The molecule has 1 aliphatic heterocycles. The van der Waals surface area contributed by atoms with Crippen LogP contribution in [0, 0.1) is 23.1 Å². The highest BCUT2D eigenvalue weighted by Gasteiger charge is 2.33. The van der Waals surface area contributed by atoms with Gasteiger partial charge in [-0.25, -0.2) is 9.37 Å². The van der Waals surface area contributed by atoms with Crippen LogP contribution in [0.5, 0.6) is 0 Å². The Bertz CT molecular complexity index is 1060. The summed E-state index contributed by atoms with van der Waals surface area (Å²) in [6, 6.07) is 7.74. The number of likely N-dealkylation sites (tertiary alicyclic amines) is 1. The van der Waals surface area contributed by atoms with Gasteiger partial charge in [0, 0.05) is 25.0 Å². The topological polar surface area (TPSA) is 126 Å². The summed E-state index contributed by atoms with van der Waals surface area (Å²) in [6.45, 7) is 1.78. The Morgan fingerprint density at radius 2 is 2.20 bits per heavy atom. The summed E-state index contributed by atoms with van der Waals surface area (Å²) in [5.41, 5.74) is 6.29. The Morgan fingerprint density at radius 1 is 1.40 bits per heavy atom. The third kappa shape index (κ3) is 4.16. The number of nitrogens with one attached hydrogen (secondary N) is 1. The molecule has 3 aromatic rings. The van der Waals surface area contributed by atoms with Crippen molar-refractivity contribution in [1.82, 2.24) is 19.7 Å². The van der Waals surface area contributed by atoms with Gasteiger partial charge in [0.2, 0.25) is 5.89 Å². The number of aromatic nitrogens is 3. The van der Waals surface area contributed by atoms with Crippen LogP contribution in [0.3, 0.4) is 0 Å². The van der Waals surface area contributed by atoms with Crippen molar-refractivity contribution in [3.8, 4) is 6.07 Å². The monoisotopic (exact) mass is 409 g/mol. The lowest BCUT2D eigenvalue weighted by atomic mass is 9.93. The van der Waals surface area contributed by atoms with Crippen LogP contribution in [-0.4, -0.2) is 38.7 Å². The molecule has 10 heteroatoms. The zero-order valence-corrected chi connectivity index (χ0v) is 16.0. The molecule has 0 aliphatic carbocycles. The van der Waals surface area contributed by atoms with Crippen LogP contribution in [0.1, 0.15) is 28.7 Å². The molecule has 2 unspecified atom stereocenters. The Balaban J connectivity index is 1.59. The van der Waals surface area contributed by atoms with E-state index in [0.717, 1.165) is 6.54 Å². The number of nitrogens with two attached hydrogens (primary N) is 1. The average Bonchev–Trinajstić information content (AvgIpc) is 3.40. The van der Waals surface area contributed by atoms with Gasteiger partial charge in [-0.2, -0.15) is 10.4 Å². The second kappa shape index (κ2) is 8.34. The van der Waals surface area contributed by atoms with E-state index in [4.69, 9.17) is 10.2 Å². The van der Waals surface area contributed by atoms with Crippen molar-refractivity contribution < 1.29 is 13.6 Å². The molecule has 0 radical (unpaired) electrons. The quantitative estimate of drug-likeness (QED) is 0.640. The Labute approximate surface area is 171 Å². The van der Waals surface area contributed by atoms with Crippen LogP contribution in [0.4, 0.5) is 15.9 Å². The zero-order chi connectivity index (χ0) is 21.1. The molecular weight excluding hydrogens is 389 g/mol. The molecule has 2 aromatic heterocycles. The summed E-state index contributed by atoms with van der Waals surface area (Å²) < 4.78 is 20.1. The van der Waals surface area contributed by atoms with Gasteiger partial charge in [-0.3, -0.25) is 14.4 Å². The number of hydrogen-bond donors (Lipinski definition) is 2. The number of carbonyl (C=O) groups is 1. The molecule has 1 fully saturated rings. The van der Waals surface area contributed by atoms with E-state index in [2.05, 4.69) is 26.4 Å². The molecule has 2 atom stereocenters. The predicted octanol–water partition coefficient (Wildman–Crippen LogP) is 2.44. The number of oxazole rings is 1. The SMILES string of the molecule is N#CC1CCN(Cc2ncco2)CC1n1cc(C(N)=O)c(Nc2ccc(F)cc2)n1. The summed E-state index contributed by atoms with van der Waals surface area (Å²) >= 11 is 0. The minimum absolute atomic E-state index is 0.195. The molecule has 1 saturated heterocycles. The molecule has 0 saturated carbocycles. The number of nitrogens with zero attached hydrogens (tertiary/aromatic N) is 5. The lowest BCUT2D eigenvalue weighted by Crippen LogP contribution is -2.41. The third-order valence-corrected chi connectivity index (χ3v) is 5.12. The van der Waals surface area contributed by atoms with Gasteiger partial charge >= 0.3 is 0 Å². The lowest BCUT2D eigenvalue weighted by Gasteiger charge is -2.35. The van der Waals surface area contributed by atoms with Crippen molar-refractivity contribution in [1.29, 1.82) is 5.26 Å². The molecule has 1 aliphatic rings. The first kappa shape index (κ1) is 19.6. The van der Waals surface area contributed by atoms with Gasteiger partial charge in [-0.05, 0) is 30.7 Å². The number of rotatable bonds is 6. The number of nitriles is 1. The second-order valence-electron chi connectivity index (χ2n) is 7.12. The highest BCUT2D eigenvalue weighted by molar-refractivity contribution is 5.98. The molecule has 154 valence electrons. The molecule has 9 nitrogen and oxygen atoms in total. The van der Waals surface area contributed by atoms with Crippen molar-refractivity contribution in [2.75, 3.05) is 18.4 Å². The molecule has 3 heterocycles. The number of carbonyl (C=O) groups excluding carboxylic acids is 1. The minimum atomic E-state index is -0.646. The van der Waals surface area contributed by atoms with Gasteiger partial charge in [0.15, 0.2) is 5.82 Å². The van der Waals surface area contributed by atoms with Gasteiger partial charge in [0.1, 0.15) is 17.6 Å². The van der Waals surface area contributed by atoms with E-state index in [1.807, 2.05) is 0 Å². The average molecular weight is 409 g/mol. The van der Waals surface area contributed by atoms with Crippen molar-refractivity contribution >= 4 is 17.4 Å². The van der Waals surface area contributed by atoms with Crippen LogP contribution >= 0.6 is 0 Å². The first-order valence-corrected chi connectivity index (χ1v) is 9.45. The van der Waals surface area contributed by atoms with Crippen molar-refractivity contribution in [2.45, 2.75) is 19.0 Å². The molecule has 0 spiro atoms. The third-order valence-electron chi connectivity index (χ3n) is 5.12. The van der Waals surface area contributed by atoms with Gasteiger partial charge < -0.3 is 15.5 Å².